The smallest absolute Gasteiger partial charge is 0.183 e. The summed E-state index contributed by atoms with van der Waals surface area (Å²) in [5.74, 6) is 0. The molecule has 0 amide bonds. The van der Waals surface area contributed by atoms with Crippen molar-refractivity contribution in [2.24, 2.45) is 0 Å². The number of aromatic nitrogens is 1. The van der Waals surface area contributed by atoms with E-state index >= 15 is 0 Å². The minimum Gasteiger partial charge on any atom is -0.359 e. The summed E-state index contributed by atoms with van der Waals surface area (Å²) in [6, 6.07) is 10.8. The maximum Gasteiger partial charge on any atom is 0.183 e. The number of benzene rings is 1. The highest BCUT2D eigenvalue weighted by Crippen LogP contribution is 2.32. The van der Waals surface area contributed by atoms with Gasteiger partial charge in [0.1, 0.15) is 0 Å². The summed E-state index contributed by atoms with van der Waals surface area (Å²) >= 11 is 1.72. The predicted molar refractivity (Wildman–Crippen MR) is 71.0 cm³/mol. The van der Waals surface area contributed by atoms with E-state index in [1.165, 1.54) is 10.4 Å². The minimum absolute atomic E-state index is 0.425. The average Bonchev–Trinajstić information content (AvgIpc) is 2.60. The lowest BCUT2D eigenvalue weighted by Crippen LogP contribution is -2.08. The molecule has 16 heavy (non-hydrogen) atoms. The number of hydrogen-bond acceptors (Lipinski definition) is 3. The van der Waals surface area contributed by atoms with Crippen LogP contribution in [0.1, 0.15) is 19.5 Å². The Morgan fingerprint density at radius 3 is 2.50 bits per heavy atom. The Morgan fingerprint density at radius 1 is 1.19 bits per heavy atom. The number of nitrogens with one attached hydrogen (secondary N) is 1. The summed E-state index contributed by atoms with van der Waals surface area (Å²) in [7, 11) is 0. The molecule has 0 saturated carbocycles. The summed E-state index contributed by atoms with van der Waals surface area (Å²) in [4.78, 5) is 5.79. The Balaban J connectivity index is 2.32. The SMILES string of the molecule is Cc1nc(NC(C)C)sc1-c1ccccc1. The average molecular weight is 232 g/mol. The van der Waals surface area contributed by atoms with Crippen molar-refractivity contribution in [3.05, 3.63) is 36.0 Å². The number of rotatable bonds is 3. The molecule has 1 heterocycles. The molecule has 1 aromatic carbocycles. The van der Waals surface area contributed by atoms with E-state index in [0.717, 1.165) is 10.8 Å². The molecule has 0 aliphatic heterocycles. The standard InChI is InChI=1S/C13H16N2S/c1-9(2)14-13-15-10(3)12(16-13)11-7-5-4-6-8-11/h4-9H,1-3H3,(H,14,15). The fourth-order valence-electron chi connectivity index (χ4n) is 1.56. The van der Waals surface area contributed by atoms with Gasteiger partial charge in [0.2, 0.25) is 0 Å². The molecule has 0 atom stereocenters. The monoisotopic (exact) mass is 232 g/mol. The first kappa shape index (κ1) is 11.1. The summed E-state index contributed by atoms with van der Waals surface area (Å²) < 4.78 is 0. The van der Waals surface area contributed by atoms with E-state index in [2.05, 4.69) is 55.3 Å². The van der Waals surface area contributed by atoms with E-state index < -0.39 is 0 Å². The molecule has 0 unspecified atom stereocenters. The highest BCUT2D eigenvalue weighted by Gasteiger charge is 2.09. The van der Waals surface area contributed by atoms with Gasteiger partial charge in [-0.15, -0.1) is 0 Å². The van der Waals surface area contributed by atoms with Crippen LogP contribution in [0.4, 0.5) is 5.13 Å². The Bertz CT molecular complexity index is 460. The molecular weight excluding hydrogens is 216 g/mol. The Kier molecular flexibility index (Phi) is 3.25. The van der Waals surface area contributed by atoms with Gasteiger partial charge in [-0.3, -0.25) is 0 Å². The van der Waals surface area contributed by atoms with Crippen molar-refractivity contribution in [1.29, 1.82) is 0 Å². The number of thiazole rings is 1. The number of anilines is 1. The normalized spacial score (nSPS) is 10.8. The van der Waals surface area contributed by atoms with E-state index in [0.29, 0.717) is 6.04 Å². The molecule has 1 aromatic heterocycles. The van der Waals surface area contributed by atoms with E-state index in [-0.39, 0.29) is 0 Å². The van der Waals surface area contributed by atoms with Crippen molar-refractivity contribution < 1.29 is 0 Å². The second-order valence-corrected chi connectivity index (χ2v) is 5.10. The molecule has 1 N–H and O–H groups in total. The van der Waals surface area contributed by atoms with Crippen LogP contribution in [0.15, 0.2) is 30.3 Å². The van der Waals surface area contributed by atoms with Crippen molar-refractivity contribution in [3.8, 4) is 10.4 Å². The van der Waals surface area contributed by atoms with Crippen molar-refractivity contribution in [2.45, 2.75) is 26.8 Å². The first-order valence-electron chi connectivity index (χ1n) is 5.46. The number of hydrogen-bond donors (Lipinski definition) is 1. The second kappa shape index (κ2) is 4.66. The first-order chi connectivity index (χ1) is 7.66. The molecule has 0 radical (unpaired) electrons. The highest BCUT2D eigenvalue weighted by molar-refractivity contribution is 7.19. The molecule has 0 spiro atoms. The molecule has 0 bridgehead atoms. The van der Waals surface area contributed by atoms with Gasteiger partial charge in [0.05, 0.1) is 10.6 Å². The summed E-state index contributed by atoms with van der Waals surface area (Å²) in [6.45, 7) is 6.31. The van der Waals surface area contributed by atoms with Gasteiger partial charge in [0.15, 0.2) is 5.13 Å². The Morgan fingerprint density at radius 2 is 1.88 bits per heavy atom. The fourth-order valence-corrected chi connectivity index (χ4v) is 2.68. The van der Waals surface area contributed by atoms with Gasteiger partial charge in [-0.1, -0.05) is 41.7 Å². The Labute approximate surface area is 100 Å². The molecule has 2 nitrogen and oxygen atoms in total. The fraction of sp³-hybridized carbons (Fsp3) is 0.308. The third-order valence-corrected chi connectivity index (χ3v) is 3.38. The molecule has 0 aliphatic rings. The summed E-state index contributed by atoms with van der Waals surface area (Å²) in [5.41, 5.74) is 2.34. The molecule has 2 rings (SSSR count). The van der Waals surface area contributed by atoms with Crippen LogP contribution in [0.2, 0.25) is 0 Å². The van der Waals surface area contributed by atoms with Crippen molar-refractivity contribution >= 4 is 16.5 Å². The van der Waals surface area contributed by atoms with Crippen molar-refractivity contribution in [3.63, 3.8) is 0 Å². The molecule has 0 aliphatic carbocycles. The minimum atomic E-state index is 0.425. The van der Waals surface area contributed by atoms with Crippen LogP contribution in [0.5, 0.6) is 0 Å². The number of nitrogens with zero attached hydrogens (tertiary/aromatic N) is 1. The van der Waals surface area contributed by atoms with Gasteiger partial charge >= 0.3 is 0 Å². The molecule has 84 valence electrons. The van der Waals surface area contributed by atoms with E-state index in [4.69, 9.17) is 0 Å². The first-order valence-corrected chi connectivity index (χ1v) is 6.28. The zero-order valence-electron chi connectivity index (χ0n) is 9.82. The summed E-state index contributed by atoms with van der Waals surface area (Å²) in [6.07, 6.45) is 0. The van der Waals surface area contributed by atoms with Gasteiger partial charge in [-0.05, 0) is 26.3 Å². The molecule has 3 heteroatoms. The zero-order valence-corrected chi connectivity index (χ0v) is 10.6. The van der Waals surface area contributed by atoms with E-state index in [9.17, 15) is 0 Å². The third kappa shape index (κ3) is 2.42. The quantitative estimate of drug-likeness (QED) is 0.867. The van der Waals surface area contributed by atoms with Crippen LogP contribution in [-0.4, -0.2) is 11.0 Å². The van der Waals surface area contributed by atoms with Crippen molar-refractivity contribution in [2.75, 3.05) is 5.32 Å². The maximum atomic E-state index is 4.53. The Hall–Kier alpha value is -1.35. The topological polar surface area (TPSA) is 24.9 Å². The largest absolute Gasteiger partial charge is 0.359 e. The molecular formula is C13H16N2S. The lowest BCUT2D eigenvalue weighted by atomic mass is 10.2. The molecule has 0 saturated heterocycles. The van der Waals surface area contributed by atoms with Crippen LogP contribution in [0, 0.1) is 6.92 Å². The van der Waals surface area contributed by atoms with Crippen LogP contribution in [0.25, 0.3) is 10.4 Å². The van der Waals surface area contributed by atoms with E-state index in [1.807, 2.05) is 6.07 Å². The molecule has 2 aromatic rings. The highest BCUT2D eigenvalue weighted by atomic mass is 32.1. The van der Waals surface area contributed by atoms with Gasteiger partial charge in [-0.2, -0.15) is 0 Å². The molecule has 0 fully saturated rings. The van der Waals surface area contributed by atoms with Crippen LogP contribution >= 0.6 is 11.3 Å². The number of aryl methyl sites for hydroxylation is 1. The van der Waals surface area contributed by atoms with Gasteiger partial charge in [0.25, 0.3) is 0 Å². The van der Waals surface area contributed by atoms with Crippen LogP contribution < -0.4 is 5.32 Å². The van der Waals surface area contributed by atoms with Crippen molar-refractivity contribution in [1.82, 2.24) is 4.98 Å². The second-order valence-electron chi connectivity index (χ2n) is 4.10. The van der Waals surface area contributed by atoms with E-state index in [1.54, 1.807) is 11.3 Å². The maximum absolute atomic E-state index is 4.53. The zero-order chi connectivity index (χ0) is 11.5. The summed E-state index contributed by atoms with van der Waals surface area (Å²) in [5, 5.41) is 4.35. The third-order valence-electron chi connectivity index (χ3n) is 2.24. The van der Waals surface area contributed by atoms with Crippen LogP contribution in [-0.2, 0) is 0 Å². The lowest BCUT2D eigenvalue weighted by molar-refractivity contribution is 0.895. The van der Waals surface area contributed by atoms with Gasteiger partial charge < -0.3 is 5.32 Å². The van der Waals surface area contributed by atoms with Gasteiger partial charge in [-0.25, -0.2) is 4.98 Å². The van der Waals surface area contributed by atoms with Crippen LogP contribution in [0.3, 0.4) is 0 Å². The lowest BCUT2D eigenvalue weighted by Gasteiger charge is -2.04. The van der Waals surface area contributed by atoms with Gasteiger partial charge in [0, 0.05) is 6.04 Å². The predicted octanol–water partition coefficient (Wildman–Crippen LogP) is 3.94.